The van der Waals surface area contributed by atoms with Crippen LogP contribution in [0.2, 0.25) is 0 Å². The molecule has 0 aliphatic heterocycles. The van der Waals surface area contributed by atoms with Crippen molar-refractivity contribution in [3.63, 3.8) is 0 Å². The lowest BCUT2D eigenvalue weighted by atomic mass is 10.1. The zero-order valence-corrected chi connectivity index (χ0v) is 9.93. The summed E-state index contributed by atoms with van der Waals surface area (Å²) < 4.78 is 0. The van der Waals surface area contributed by atoms with Crippen LogP contribution in [-0.4, -0.2) is 10.9 Å². The summed E-state index contributed by atoms with van der Waals surface area (Å²) in [7, 11) is 0. The third kappa shape index (κ3) is 2.07. The fraction of sp³-hybridized carbons (Fsp3) is 0.545. The summed E-state index contributed by atoms with van der Waals surface area (Å²) >= 11 is 1.54. The third-order valence-corrected chi connectivity index (χ3v) is 3.78. The van der Waals surface area contributed by atoms with Crippen LogP contribution in [-0.2, 0) is 17.6 Å². The smallest absolute Gasteiger partial charge is 0.243 e. The van der Waals surface area contributed by atoms with E-state index in [0.29, 0.717) is 11.6 Å². The fourth-order valence-corrected chi connectivity index (χ4v) is 2.82. The van der Waals surface area contributed by atoms with E-state index in [-0.39, 0.29) is 5.91 Å². The first-order valence-electron chi connectivity index (χ1n) is 5.43. The number of anilines is 1. The predicted molar refractivity (Wildman–Crippen MR) is 62.2 cm³/mol. The van der Waals surface area contributed by atoms with Crippen molar-refractivity contribution in [1.29, 1.82) is 5.26 Å². The monoisotopic (exact) mass is 235 g/mol. The molecular formula is C11H13N3OS. The first-order valence-corrected chi connectivity index (χ1v) is 6.25. The van der Waals surface area contributed by atoms with Crippen LogP contribution >= 0.6 is 11.3 Å². The number of carbonyl (C=O) groups is 1. The average molecular weight is 235 g/mol. The van der Waals surface area contributed by atoms with Gasteiger partial charge < -0.3 is 5.32 Å². The van der Waals surface area contributed by atoms with Crippen molar-refractivity contribution < 1.29 is 4.79 Å². The molecule has 1 aromatic rings. The number of thiazole rings is 1. The summed E-state index contributed by atoms with van der Waals surface area (Å²) in [6.07, 6.45) is 3.78. The van der Waals surface area contributed by atoms with E-state index in [0.717, 1.165) is 25.0 Å². The van der Waals surface area contributed by atoms with Gasteiger partial charge in [-0.1, -0.05) is 6.92 Å². The molecule has 0 spiro atoms. The summed E-state index contributed by atoms with van der Waals surface area (Å²) in [5.41, 5.74) is 1.12. The van der Waals surface area contributed by atoms with Gasteiger partial charge in [0.2, 0.25) is 5.91 Å². The van der Waals surface area contributed by atoms with Gasteiger partial charge in [-0.25, -0.2) is 4.98 Å². The zero-order chi connectivity index (χ0) is 11.5. The highest BCUT2D eigenvalue weighted by atomic mass is 32.1. The summed E-state index contributed by atoms with van der Waals surface area (Å²) in [4.78, 5) is 17.3. The lowest BCUT2D eigenvalue weighted by Crippen LogP contribution is -2.20. The molecule has 5 heteroatoms. The molecule has 0 bridgehead atoms. The van der Waals surface area contributed by atoms with Crippen LogP contribution in [0.5, 0.6) is 0 Å². The Morgan fingerprint density at radius 3 is 3.12 bits per heavy atom. The number of amides is 1. The third-order valence-electron chi connectivity index (χ3n) is 2.71. The molecule has 1 aliphatic rings. The van der Waals surface area contributed by atoms with Crippen molar-refractivity contribution in [2.24, 2.45) is 5.92 Å². The first kappa shape index (κ1) is 11.1. The van der Waals surface area contributed by atoms with E-state index in [1.165, 1.54) is 16.2 Å². The van der Waals surface area contributed by atoms with Gasteiger partial charge in [0.25, 0.3) is 0 Å². The largest absolute Gasteiger partial charge is 0.301 e. The van der Waals surface area contributed by atoms with E-state index < -0.39 is 5.92 Å². The molecule has 1 heterocycles. The highest BCUT2D eigenvalue weighted by Gasteiger charge is 2.20. The lowest BCUT2D eigenvalue weighted by molar-refractivity contribution is -0.118. The molecule has 0 saturated heterocycles. The molecule has 1 amide bonds. The molecule has 0 radical (unpaired) electrons. The maximum absolute atomic E-state index is 11.6. The number of nitrogens with zero attached hydrogens (tertiary/aromatic N) is 2. The number of aryl methyl sites for hydroxylation is 2. The maximum Gasteiger partial charge on any atom is 0.243 e. The maximum atomic E-state index is 11.6. The standard InChI is InChI=1S/C11H13N3OS/c1-2-7(6-12)10(15)14-11-13-8-4-3-5-9(8)16-11/h7H,2-5H2,1H3,(H,13,14,15). The van der Waals surface area contributed by atoms with E-state index in [2.05, 4.69) is 10.3 Å². The van der Waals surface area contributed by atoms with Crippen molar-refractivity contribution in [3.05, 3.63) is 10.6 Å². The van der Waals surface area contributed by atoms with Crippen LogP contribution in [0.25, 0.3) is 0 Å². The number of nitriles is 1. The Morgan fingerprint density at radius 1 is 1.69 bits per heavy atom. The number of nitrogens with one attached hydrogen (secondary N) is 1. The Kier molecular flexibility index (Phi) is 3.20. The quantitative estimate of drug-likeness (QED) is 0.872. The van der Waals surface area contributed by atoms with Gasteiger partial charge in [-0.05, 0) is 25.7 Å². The van der Waals surface area contributed by atoms with E-state index in [9.17, 15) is 4.79 Å². The summed E-state index contributed by atoms with van der Waals surface area (Å²) in [5, 5.41) is 12.1. The lowest BCUT2D eigenvalue weighted by Gasteiger charge is -2.04. The highest BCUT2D eigenvalue weighted by molar-refractivity contribution is 7.15. The molecule has 0 saturated carbocycles. The van der Waals surface area contributed by atoms with Crippen LogP contribution in [0.3, 0.4) is 0 Å². The number of carbonyl (C=O) groups excluding carboxylic acids is 1. The van der Waals surface area contributed by atoms with Gasteiger partial charge in [0.1, 0.15) is 5.92 Å². The Hall–Kier alpha value is -1.41. The van der Waals surface area contributed by atoms with E-state index in [1.807, 2.05) is 13.0 Å². The van der Waals surface area contributed by atoms with Crippen LogP contribution in [0.15, 0.2) is 0 Å². The average Bonchev–Trinajstić information content (AvgIpc) is 2.79. The topological polar surface area (TPSA) is 65.8 Å². The second-order valence-corrected chi connectivity index (χ2v) is 4.91. The normalized spacial score (nSPS) is 15.2. The van der Waals surface area contributed by atoms with Gasteiger partial charge in [-0.2, -0.15) is 5.26 Å². The van der Waals surface area contributed by atoms with Gasteiger partial charge in [0, 0.05) is 4.88 Å². The number of hydrogen-bond acceptors (Lipinski definition) is 4. The molecule has 16 heavy (non-hydrogen) atoms. The number of rotatable bonds is 3. The predicted octanol–water partition coefficient (Wildman–Crippen LogP) is 2.12. The highest BCUT2D eigenvalue weighted by Crippen LogP contribution is 2.30. The summed E-state index contributed by atoms with van der Waals surface area (Å²) in [6, 6.07) is 1.99. The minimum atomic E-state index is -0.571. The van der Waals surface area contributed by atoms with Crippen molar-refractivity contribution >= 4 is 22.4 Å². The van der Waals surface area contributed by atoms with Gasteiger partial charge in [-0.15, -0.1) is 11.3 Å². The first-order chi connectivity index (χ1) is 7.74. The molecule has 1 aliphatic carbocycles. The molecule has 1 unspecified atom stereocenters. The van der Waals surface area contributed by atoms with E-state index in [1.54, 1.807) is 0 Å². The molecule has 1 atom stereocenters. The zero-order valence-electron chi connectivity index (χ0n) is 9.12. The number of fused-ring (bicyclic) bond motifs is 1. The van der Waals surface area contributed by atoms with Crippen LogP contribution in [0, 0.1) is 17.2 Å². The minimum Gasteiger partial charge on any atom is -0.301 e. The number of aromatic nitrogens is 1. The Balaban J connectivity index is 2.04. The van der Waals surface area contributed by atoms with E-state index >= 15 is 0 Å². The van der Waals surface area contributed by atoms with Crippen molar-refractivity contribution in [1.82, 2.24) is 4.98 Å². The van der Waals surface area contributed by atoms with Crippen molar-refractivity contribution in [3.8, 4) is 6.07 Å². The Bertz CT molecular complexity index is 425. The van der Waals surface area contributed by atoms with Crippen molar-refractivity contribution in [2.45, 2.75) is 32.6 Å². The molecule has 0 aromatic carbocycles. The number of hydrogen-bond donors (Lipinski definition) is 1. The summed E-state index contributed by atoms with van der Waals surface area (Å²) in [6.45, 7) is 1.83. The molecule has 84 valence electrons. The fourth-order valence-electron chi connectivity index (χ4n) is 1.77. The molecule has 2 rings (SSSR count). The molecule has 1 aromatic heterocycles. The van der Waals surface area contributed by atoms with Crippen LogP contribution in [0.1, 0.15) is 30.3 Å². The molecule has 4 nitrogen and oxygen atoms in total. The van der Waals surface area contributed by atoms with Crippen molar-refractivity contribution in [2.75, 3.05) is 5.32 Å². The van der Waals surface area contributed by atoms with Gasteiger partial charge in [-0.3, -0.25) is 4.79 Å². The van der Waals surface area contributed by atoms with Gasteiger partial charge >= 0.3 is 0 Å². The van der Waals surface area contributed by atoms with Crippen LogP contribution in [0.4, 0.5) is 5.13 Å². The molecular weight excluding hydrogens is 222 g/mol. The van der Waals surface area contributed by atoms with E-state index in [4.69, 9.17) is 5.26 Å². The van der Waals surface area contributed by atoms with Crippen LogP contribution < -0.4 is 5.32 Å². The molecule has 1 N–H and O–H groups in total. The second-order valence-electron chi connectivity index (χ2n) is 3.82. The SMILES string of the molecule is CCC(C#N)C(=O)Nc1nc2c(s1)CCC2. The Morgan fingerprint density at radius 2 is 2.50 bits per heavy atom. The Labute approximate surface area is 98.3 Å². The van der Waals surface area contributed by atoms with Gasteiger partial charge in [0.15, 0.2) is 5.13 Å². The van der Waals surface area contributed by atoms with Gasteiger partial charge in [0.05, 0.1) is 11.8 Å². The minimum absolute atomic E-state index is 0.238. The summed E-state index contributed by atoms with van der Waals surface area (Å²) in [5.74, 6) is -0.809. The molecule has 0 fully saturated rings. The second kappa shape index (κ2) is 4.62.